The Balaban J connectivity index is 1.41. The van der Waals surface area contributed by atoms with Gasteiger partial charge in [0.05, 0.1) is 12.1 Å². The van der Waals surface area contributed by atoms with Crippen molar-refractivity contribution in [3.8, 4) is 0 Å². The molecule has 4 heterocycles. The maximum absolute atomic E-state index is 13.1. The van der Waals surface area contributed by atoms with Crippen molar-refractivity contribution in [2.24, 2.45) is 0 Å². The number of ether oxygens (including phenoxy) is 1. The van der Waals surface area contributed by atoms with Crippen LogP contribution in [0.3, 0.4) is 0 Å². The highest BCUT2D eigenvalue weighted by molar-refractivity contribution is 7.09. The SMILES string of the molecule is Cc1cc(C(=O)N2CCN(C(=O)C3CCCO3)CC2)c(C)n1Cc1cccs1. The summed E-state index contributed by atoms with van der Waals surface area (Å²) < 4.78 is 7.72. The summed E-state index contributed by atoms with van der Waals surface area (Å²) in [5.74, 6) is 0.147. The van der Waals surface area contributed by atoms with Crippen LogP contribution in [-0.4, -0.2) is 65.1 Å². The zero-order valence-electron chi connectivity index (χ0n) is 16.5. The molecule has 0 spiro atoms. The lowest BCUT2D eigenvalue weighted by molar-refractivity contribution is -0.142. The van der Waals surface area contributed by atoms with Crippen LogP contribution in [0.15, 0.2) is 23.6 Å². The van der Waals surface area contributed by atoms with Gasteiger partial charge in [0.25, 0.3) is 11.8 Å². The third-order valence-corrected chi connectivity index (χ3v) is 6.64. The van der Waals surface area contributed by atoms with Gasteiger partial charge in [-0.2, -0.15) is 0 Å². The van der Waals surface area contributed by atoms with E-state index in [0.29, 0.717) is 32.8 Å². The molecule has 2 fully saturated rings. The van der Waals surface area contributed by atoms with E-state index in [1.54, 1.807) is 11.3 Å². The average molecular weight is 402 g/mol. The van der Waals surface area contributed by atoms with E-state index in [9.17, 15) is 9.59 Å². The molecule has 0 aliphatic carbocycles. The van der Waals surface area contributed by atoms with Crippen LogP contribution >= 0.6 is 11.3 Å². The molecule has 1 unspecified atom stereocenters. The second-order valence-electron chi connectivity index (χ2n) is 7.57. The van der Waals surface area contributed by atoms with E-state index in [1.165, 1.54) is 4.88 Å². The second kappa shape index (κ2) is 8.09. The number of rotatable bonds is 4. The molecule has 2 aromatic rings. The fourth-order valence-corrected chi connectivity index (χ4v) is 4.79. The monoisotopic (exact) mass is 401 g/mol. The maximum atomic E-state index is 13.1. The fraction of sp³-hybridized carbons (Fsp3) is 0.524. The van der Waals surface area contributed by atoms with Gasteiger partial charge in [0.15, 0.2) is 0 Å². The number of amides is 2. The van der Waals surface area contributed by atoms with Gasteiger partial charge in [-0.15, -0.1) is 11.3 Å². The van der Waals surface area contributed by atoms with Gasteiger partial charge in [-0.25, -0.2) is 0 Å². The summed E-state index contributed by atoms with van der Waals surface area (Å²) in [5, 5.41) is 2.08. The van der Waals surface area contributed by atoms with Gasteiger partial charge < -0.3 is 19.1 Å². The van der Waals surface area contributed by atoms with E-state index in [2.05, 4.69) is 29.0 Å². The molecule has 7 heteroatoms. The minimum atomic E-state index is -0.279. The molecule has 2 aliphatic rings. The van der Waals surface area contributed by atoms with Gasteiger partial charge in [-0.05, 0) is 44.2 Å². The van der Waals surface area contributed by atoms with Gasteiger partial charge in [0, 0.05) is 49.1 Å². The van der Waals surface area contributed by atoms with E-state index < -0.39 is 0 Å². The van der Waals surface area contributed by atoms with Gasteiger partial charge in [-0.1, -0.05) is 6.07 Å². The van der Waals surface area contributed by atoms with Gasteiger partial charge in [0.2, 0.25) is 0 Å². The Morgan fingerprint density at radius 2 is 1.93 bits per heavy atom. The van der Waals surface area contributed by atoms with Crippen LogP contribution in [0.5, 0.6) is 0 Å². The third kappa shape index (κ3) is 3.73. The minimum Gasteiger partial charge on any atom is -0.368 e. The summed E-state index contributed by atoms with van der Waals surface area (Å²) in [7, 11) is 0. The highest BCUT2D eigenvalue weighted by atomic mass is 32.1. The first kappa shape index (κ1) is 19.2. The summed E-state index contributed by atoms with van der Waals surface area (Å²) >= 11 is 1.73. The number of hydrogen-bond acceptors (Lipinski definition) is 4. The summed E-state index contributed by atoms with van der Waals surface area (Å²) in [4.78, 5) is 30.6. The Morgan fingerprint density at radius 1 is 1.18 bits per heavy atom. The van der Waals surface area contributed by atoms with Crippen molar-refractivity contribution in [2.45, 2.75) is 39.3 Å². The molecular formula is C21H27N3O3S. The molecule has 150 valence electrons. The lowest BCUT2D eigenvalue weighted by Crippen LogP contribution is -2.52. The summed E-state index contributed by atoms with van der Waals surface area (Å²) in [6.07, 6.45) is 1.49. The van der Waals surface area contributed by atoms with Crippen molar-refractivity contribution in [1.82, 2.24) is 14.4 Å². The third-order valence-electron chi connectivity index (χ3n) is 5.78. The molecule has 0 bridgehead atoms. The van der Waals surface area contributed by atoms with Crippen LogP contribution in [0.4, 0.5) is 0 Å². The van der Waals surface area contributed by atoms with Crippen LogP contribution < -0.4 is 0 Å². The van der Waals surface area contributed by atoms with Crippen molar-refractivity contribution < 1.29 is 14.3 Å². The average Bonchev–Trinajstić information content (AvgIpc) is 3.46. The summed E-state index contributed by atoms with van der Waals surface area (Å²) in [5.41, 5.74) is 2.88. The molecule has 1 atom stereocenters. The number of aromatic nitrogens is 1. The predicted molar refractivity (Wildman–Crippen MR) is 109 cm³/mol. The van der Waals surface area contributed by atoms with E-state index in [0.717, 1.165) is 36.3 Å². The Hall–Kier alpha value is -2.12. The number of carbonyl (C=O) groups is 2. The molecule has 0 saturated carbocycles. The van der Waals surface area contributed by atoms with Gasteiger partial charge in [-0.3, -0.25) is 9.59 Å². The zero-order chi connectivity index (χ0) is 19.7. The first-order valence-electron chi connectivity index (χ1n) is 9.93. The smallest absolute Gasteiger partial charge is 0.255 e. The molecule has 4 rings (SSSR count). The first-order valence-corrected chi connectivity index (χ1v) is 10.8. The van der Waals surface area contributed by atoms with Gasteiger partial charge >= 0.3 is 0 Å². The molecule has 0 radical (unpaired) electrons. The van der Waals surface area contributed by atoms with Crippen molar-refractivity contribution in [3.05, 3.63) is 45.4 Å². The fourth-order valence-electron chi connectivity index (χ4n) is 4.10. The highest BCUT2D eigenvalue weighted by Crippen LogP contribution is 2.22. The molecule has 6 nitrogen and oxygen atoms in total. The second-order valence-corrected chi connectivity index (χ2v) is 8.60. The van der Waals surface area contributed by atoms with Crippen LogP contribution in [0.25, 0.3) is 0 Å². The zero-order valence-corrected chi connectivity index (χ0v) is 17.3. The largest absolute Gasteiger partial charge is 0.368 e. The van der Waals surface area contributed by atoms with Crippen LogP contribution in [0.1, 0.15) is 39.5 Å². The normalized spacial score (nSPS) is 20.0. The van der Waals surface area contributed by atoms with Crippen LogP contribution in [-0.2, 0) is 16.1 Å². The number of nitrogens with zero attached hydrogens (tertiary/aromatic N) is 3. The number of thiophene rings is 1. The Morgan fingerprint density at radius 3 is 2.57 bits per heavy atom. The lowest BCUT2D eigenvalue weighted by Gasteiger charge is -2.35. The van der Waals surface area contributed by atoms with E-state index in [4.69, 9.17) is 4.74 Å². The summed E-state index contributed by atoms with van der Waals surface area (Å²) in [6.45, 7) is 7.86. The Bertz CT molecular complexity index is 845. The van der Waals surface area contributed by atoms with Gasteiger partial charge in [0.1, 0.15) is 6.10 Å². The van der Waals surface area contributed by atoms with Crippen molar-refractivity contribution >= 4 is 23.2 Å². The Kier molecular flexibility index (Phi) is 5.55. The van der Waals surface area contributed by atoms with Crippen LogP contribution in [0.2, 0.25) is 0 Å². The first-order chi connectivity index (χ1) is 13.5. The number of carbonyl (C=O) groups excluding carboxylic acids is 2. The molecule has 0 aromatic carbocycles. The molecule has 2 amide bonds. The summed E-state index contributed by atoms with van der Waals surface area (Å²) in [6, 6.07) is 6.17. The molecule has 0 N–H and O–H groups in total. The molecule has 28 heavy (non-hydrogen) atoms. The molecule has 2 saturated heterocycles. The minimum absolute atomic E-state index is 0.0646. The molecular weight excluding hydrogens is 374 g/mol. The van der Waals surface area contributed by atoms with E-state index in [1.807, 2.05) is 22.8 Å². The predicted octanol–water partition coefficient (Wildman–Crippen LogP) is 2.68. The maximum Gasteiger partial charge on any atom is 0.255 e. The Labute approximate surface area is 169 Å². The topological polar surface area (TPSA) is 54.8 Å². The van der Waals surface area contributed by atoms with Crippen molar-refractivity contribution in [2.75, 3.05) is 32.8 Å². The van der Waals surface area contributed by atoms with Crippen molar-refractivity contribution in [1.29, 1.82) is 0 Å². The number of hydrogen-bond donors (Lipinski definition) is 0. The van der Waals surface area contributed by atoms with Crippen molar-refractivity contribution in [3.63, 3.8) is 0 Å². The lowest BCUT2D eigenvalue weighted by atomic mass is 10.1. The standard InChI is InChI=1S/C21H27N3O3S/c1-15-13-18(16(2)24(15)14-17-5-4-12-28-17)20(25)22-7-9-23(10-8-22)21(26)19-6-3-11-27-19/h4-5,12-13,19H,3,6-11,14H2,1-2H3. The quantitative estimate of drug-likeness (QED) is 0.792. The van der Waals surface area contributed by atoms with Crippen LogP contribution in [0, 0.1) is 13.8 Å². The highest BCUT2D eigenvalue weighted by Gasteiger charge is 2.32. The number of piperazine rings is 1. The van der Waals surface area contributed by atoms with E-state index in [-0.39, 0.29) is 17.9 Å². The molecule has 2 aromatic heterocycles. The molecule has 2 aliphatic heterocycles. The van der Waals surface area contributed by atoms with E-state index >= 15 is 0 Å². The number of aryl methyl sites for hydroxylation is 1.